The largest absolute Gasteiger partial charge is 0.510 e. The zero-order chi connectivity index (χ0) is 46.2. The molecule has 338 valence electrons. The molecule has 0 aliphatic rings. The summed E-state index contributed by atoms with van der Waals surface area (Å²) in [6.45, 7) is 29.0. The van der Waals surface area contributed by atoms with E-state index >= 15 is 0 Å². The van der Waals surface area contributed by atoms with Gasteiger partial charge in [-0.3, -0.25) is 4.57 Å². The van der Waals surface area contributed by atoms with Crippen LogP contribution in [-0.4, -0.2) is 14.1 Å². The summed E-state index contributed by atoms with van der Waals surface area (Å²) in [5.41, 5.74) is 16.8. The Bertz CT molecular complexity index is 3180. The molecule has 3 heterocycles. The molecule has 0 fully saturated rings. The second-order valence-electron chi connectivity index (χ2n) is 20.9. The Kier molecular flexibility index (Phi) is 12.2. The van der Waals surface area contributed by atoms with E-state index in [1.807, 2.05) is 12.3 Å². The Balaban J connectivity index is 0.00000592. The Morgan fingerprint density at radius 3 is 1.76 bits per heavy atom. The van der Waals surface area contributed by atoms with Gasteiger partial charge in [0.25, 0.3) is 6.33 Å². The van der Waals surface area contributed by atoms with Crippen molar-refractivity contribution in [1.82, 2.24) is 14.1 Å². The summed E-state index contributed by atoms with van der Waals surface area (Å²) in [5, 5.41) is 2.23. The number of aryl methyl sites for hydroxylation is 4. The van der Waals surface area contributed by atoms with Crippen molar-refractivity contribution in [3.63, 3.8) is 0 Å². The number of benzene rings is 6. The Morgan fingerprint density at radius 1 is 0.561 bits per heavy atom. The number of rotatable bonds is 7. The van der Waals surface area contributed by atoms with Gasteiger partial charge in [-0.2, -0.15) is 17.7 Å². The van der Waals surface area contributed by atoms with Crippen LogP contribution in [0, 0.1) is 46.2 Å². The first-order valence-electron chi connectivity index (χ1n) is 22.8. The zero-order valence-corrected chi connectivity index (χ0v) is 42.9. The molecule has 0 amide bonds. The van der Waals surface area contributed by atoms with Crippen LogP contribution >= 0.6 is 0 Å². The molecular formula is C60H60N4OPt-2. The summed E-state index contributed by atoms with van der Waals surface area (Å²) in [6, 6.07) is 48.7. The number of pyridine rings is 1. The van der Waals surface area contributed by atoms with Gasteiger partial charge in [-0.25, -0.2) is 4.98 Å². The number of nitrogens with zero attached hydrogens (tertiary/aromatic N) is 4. The molecule has 0 saturated carbocycles. The fourth-order valence-corrected chi connectivity index (χ4v) is 9.23. The van der Waals surface area contributed by atoms with E-state index in [4.69, 9.17) is 9.72 Å². The number of fused-ring (bicyclic) bond motifs is 3. The van der Waals surface area contributed by atoms with Gasteiger partial charge in [0.15, 0.2) is 0 Å². The van der Waals surface area contributed by atoms with Gasteiger partial charge in [0.05, 0.1) is 11.4 Å². The minimum absolute atomic E-state index is 0. The van der Waals surface area contributed by atoms with Crippen LogP contribution in [0.15, 0.2) is 128 Å². The van der Waals surface area contributed by atoms with E-state index in [0.29, 0.717) is 11.5 Å². The van der Waals surface area contributed by atoms with E-state index in [0.717, 1.165) is 50.3 Å². The molecule has 0 bridgehead atoms. The SMILES string of the molecule is Cc1cccc(C)c1-c1cc(-c2c(C)cccc2C)cc(-[n+]2[c-]n(-c3[c-]c(Oc4[c-]c5c(cc4)c4ccccc4n5-c4cc(C(C)(C)C)ccn4)cc(C(C)(C)C)c3)cc2C(C)(C)C)c1.[Pt]. The quantitative estimate of drug-likeness (QED) is 0.118. The first-order chi connectivity index (χ1) is 30.7. The molecule has 0 radical (unpaired) electrons. The maximum absolute atomic E-state index is 6.83. The van der Waals surface area contributed by atoms with Crippen LogP contribution in [0.2, 0.25) is 0 Å². The Hall–Kier alpha value is -6.03. The zero-order valence-electron chi connectivity index (χ0n) is 40.6. The van der Waals surface area contributed by atoms with E-state index in [1.165, 1.54) is 50.1 Å². The second kappa shape index (κ2) is 17.3. The van der Waals surface area contributed by atoms with Crippen LogP contribution in [0.5, 0.6) is 11.5 Å². The molecule has 6 aromatic carbocycles. The summed E-state index contributed by atoms with van der Waals surface area (Å²) in [4.78, 5) is 4.88. The van der Waals surface area contributed by atoms with Crippen molar-refractivity contribution in [1.29, 1.82) is 0 Å². The Labute approximate surface area is 406 Å². The van der Waals surface area contributed by atoms with Gasteiger partial charge in [0.2, 0.25) is 0 Å². The van der Waals surface area contributed by atoms with Crippen molar-refractivity contribution >= 4 is 21.8 Å². The summed E-state index contributed by atoms with van der Waals surface area (Å²) >= 11 is 0. The summed E-state index contributed by atoms with van der Waals surface area (Å²) in [6.07, 6.45) is 7.93. The van der Waals surface area contributed by atoms with Crippen LogP contribution in [0.3, 0.4) is 0 Å². The van der Waals surface area contributed by atoms with Gasteiger partial charge < -0.3 is 13.9 Å². The molecular weight excluding hydrogens is 988 g/mol. The van der Waals surface area contributed by atoms with E-state index in [2.05, 4.69) is 238 Å². The van der Waals surface area contributed by atoms with E-state index in [1.54, 1.807) is 0 Å². The van der Waals surface area contributed by atoms with Gasteiger partial charge >= 0.3 is 0 Å². The van der Waals surface area contributed by atoms with Crippen LogP contribution in [-0.2, 0) is 37.3 Å². The van der Waals surface area contributed by atoms with Crippen molar-refractivity contribution in [2.45, 2.75) is 106 Å². The molecule has 5 nitrogen and oxygen atoms in total. The summed E-state index contributed by atoms with van der Waals surface area (Å²) in [5.74, 6) is 2.07. The van der Waals surface area contributed by atoms with Crippen LogP contribution < -0.4 is 9.30 Å². The average Bonchev–Trinajstić information content (AvgIpc) is 3.84. The second-order valence-corrected chi connectivity index (χ2v) is 20.9. The third-order valence-corrected chi connectivity index (χ3v) is 12.8. The van der Waals surface area contributed by atoms with Gasteiger partial charge in [0.1, 0.15) is 5.82 Å². The predicted molar refractivity (Wildman–Crippen MR) is 268 cm³/mol. The smallest absolute Gasteiger partial charge is 0.267 e. The Morgan fingerprint density at radius 2 is 1.17 bits per heavy atom. The van der Waals surface area contributed by atoms with Gasteiger partial charge in [0, 0.05) is 50.5 Å². The maximum Gasteiger partial charge on any atom is 0.267 e. The molecule has 66 heavy (non-hydrogen) atoms. The van der Waals surface area contributed by atoms with Crippen molar-refractivity contribution in [3.05, 3.63) is 185 Å². The number of imidazole rings is 1. The third kappa shape index (κ3) is 8.83. The first-order valence-corrected chi connectivity index (χ1v) is 22.8. The molecule has 0 aliphatic heterocycles. The van der Waals surface area contributed by atoms with Crippen molar-refractivity contribution in [3.8, 4) is 50.9 Å². The molecule has 0 N–H and O–H groups in total. The predicted octanol–water partition coefficient (Wildman–Crippen LogP) is 14.9. The number of aromatic nitrogens is 4. The monoisotopic (exact) mass is 1050 g/mol. The standard InChI is InChI=1S/C60H60N4O.Pt/c1-38-18-16-19-39(2)56(38)42-28-43(57-40(3)20-17-21-41(57)4)30-47(29-42)63-37-62(36-54(63)60(11,12)13)46-31-45(59(8,9)10)32-49(34-46)65-48-24-25-51-50-22-14-15-23-52(50)64(53(51)35-48)55-33-44(26-27-61-55)58(5,6)7;/h14-33,36H,1-13H3;/q-2;. The maximum atomic E-state index is 6.83. The van der Waals surface area contributed by atoms with Gasteiger partial charge in [-0.1, -0.05) is 122 Å². The van der Waals surface area contributed by atoms with Gasteiger partial charge in [-0.15, -0.1) is 29.7 Å². The van der Waals surface area contributed by atoms with Crippen molar-refractivity contribution in [2.24, 2.45) is 0 Å². The number of ether oxygens (including phenoxy) is 1. The van der Waals surface area contributed by atoms with Crippen molar-refractivity contribution in [2.75, 3.05) is 0 Å². The minimum Gasteiger partial charge on any atom is -0.510 e. The summed E-state index contributed by atoms with van der Waals surface area (Å²) < 4.78 is 13.4. The van der Waals surface area contributed by atoms with Gasteiger partial charge in [-0.05, 0) is 141 Å². The van der Waals surface area contributed by atoms with Crippen LogP contribution in [0.1, 0.15) is 101 Å². The minimum atomic E-state index is -0.222. The van der Waals surface area contributed by atoms with Crippen LogP contribution in [0.25, 0.3) is 61.3 Å². The van der Waals surface area contributed by atoms with Crippen LogP contribution in [0.4, 0.5) is 0 Å². The topological polar surface area (TPSA) is 35.9 Å². The summed E-state index contributed by atoms with van der Waals surface area (Å²) in [7, 11) is 0. The average molecular weight is 1050 g/mol. The van der Waals surface area contributed by atoms with Crippen molar-refractivity contribution < 1.29 is 30.4 Å². The number of hydrogen-bond acceptors (Lipinski definition) is 2. The molecule has 3 aromatic heterocycles. The van der Waals surface area contributed by atoms with E-state index < -0.39 is 0 Å². The molecule has 0 saturated heterocycles. The molecule has 0 unspecified atom stereocenters. The van der Waals surface area contributed by atoms with E-state index in [9.17, 15) is 0 Å². The normalized spacial score (nSPS) is 12.2. The molecule has 0 aliphatic carbocycles. The number of hydrogen-bond donors (Lipinski definition) is 0. The fraction of sp³-hybridized carbons (Fsp3) is 0.267. The molecule has 9 aromatic rings. The fourth-order valence-electron chi connectivity index (χ4n) is 9.23. The molecule has 9 rings (SSSR count). The first kappa shape index (κ1) is 46.5. The number of para-hydroxylation sites is 1. The molecule has 0 spiro atoms. The molecule has 0 atom stereocenters. The molecule has 6 heteroatoms. The third-order valence-electron chi connectivity index (χ3n) is 12.8. The van der Waals surface area contributed by atoms with E-state index in [-0.39, 0.29) is 37.3 Å².